The highest BCUT2D eigenvalue weighted by Gasteiger charge is 2.77. The number of methoxy groups -OCH3 is 1. The second kappa shape index (κ2) is 17.0. The predicted octanol–water partition coefficient (Wildman–Crippen LogP) is 5.47. The average Bonchev–Trinajstić information content (AvgIpc) is 3.76. The second-order valence-electron chi connectivity index (χ2n) is 14.7. The Kier molecular flexibility index (Phi) is 12.9. The molecule has 3 saturated heterocycles. The van der Waals surface area contributed by atoms with Crippen LogP contribution in [0.2, 0.25) is 0 Å². The molecule has 12 heteroatoms. The van der Waals surface area contributed by atoms with Gasteiger partial charge in [0.25, 0.3) is 5.91 Å². The van der Waals surface area contributed by atoms with Crippen LogP contribution in [0.3, 0.4) is 0 Å². The summed E-state index contributed by atoms with van der Waals surface area (Å²) >= 11 is 3.75. The molecular formula is C41H52BrN3O8. The lowest BCUT2D eigenvalue weighted by atomic mass is 9.70. The Morgan fingerprint density at radius 1 is 1.09 bits per heavy atom. The van der Waals surface area contributed by atoms with Gasteiger partial charge < -0.3 is 34.0 Å². The van der Waals surface area contributed by atoms with Crippen molar-refractivity contribution in [3.8, 4) is 5.75 Å². The van der Waals surface area contributed by atoms with Crippen molar-refractivity contribution in [3.05, 3.63) is 85.5 Å². The number of carbonyl (C=O) groups excluding carboxylic acids is 4. The van der Waals surface area contributed by atoms with Gasteiger partial charge in [0.15, 0.2) is 0 Å². The van der Waals surface area contributed by atoms with Crippen LogP contribution in [0.1, 0.15) is 58.1 Å². The molecule has 3 amide bonds. The number of ether oxygens (including phenoxy) is 3. The first kappa shape index (κ1) is 40.2. The van der Waals surface area contributed by atoms with E-state index < -0.39 is 65.6 Å². The van der Waals surface area contributed by atoms with Crippen molar-refractivity contribution in [2.45, 2.75) is 87.2 Å². The standard InChI is InChI=1S/C41H52BrN3O8/c1-8-10-16-32(47)43(6)26(5)35(27-14-12-11-13-15-27)52-40(50)33-34-38(48)45(29(24-46)22-25(3)4)37(41(34)23-31(42)36(33)53-41)39(49)44(21-9-2)28-17-19-30(51-7)20-18-28/h8-9,11-15,17-20,25-26,29,31,33-37,46H,1-2,10,16,21-24H2,3-7H3/t26-,29-,31?,33+,34-,35+,36+,37+,41-/m1/s1. The van der Waals surface area contributed by atoms with Gasteiger partial charge in [-0.05, 0) is 61.9 Å². The molecule has 0 aliphatic carbocycles. The number of likely N-dealkylation sites (tertiary alicyclic amines) is 1. The van der Waals surface area contributed by atoms with Crippen LogP contribution < -0.4 is 9.64 Å². The largest absolute Gasteiger partial charge is 0.497 e. The molecule has 3 fully saturated rings. The zero-order valence-electron chi connectivity index (χ0n) is 31.2. The molecule has 1 N–H and O–H groups in total. The maximum atomic E-state index is 15.0. The van der Waals surface area contributed by atoms with E-state index in [4.69, 9.17) is 14.2 Å². The van der Waals surface area contributed by atoms with Gasteiger partial charge in [0.1, 0.15) is 23.5 Å². The molecule has 3 aliphatic heterocycles. The van der Waals surface area contributed by atoms with Crippen LogP contribution in [0.4, 0.5) is 5.69 Å². The van der Waals surface area contributed by atoms with Crippen molar-refractivity contribution in [2.24, 2.45) is 17.8 Å². The van der Waals surface area contributed by atoms with Crippen molar-refractivity contribution in [2.75, 3.05) is 32.2 Å². The number of carbonyl (C=O) groups is 4. The van der Waals surface area contributed by atoms with Crippen LogP contribution >= 0.6 is 15.9 Å². The minimum Gasteiger partial charge on any atom is -0.497 e. The summed E-state index contributed by atoms with van der Waals surface area (Å²) in [7, 11) is 3.24. The number of hydrogen-bond acceptors (Lipinski definition) is 8. The van der Waals surface area contributed by atoms with Gasteiger partial charge in [-0.25, -0.2) is 0 Å². The molecule has 1 unspecified atom stereocenters. The Hall–Kier alpha value is -4.00. The van der Waals surface area contributed by atoms with Gasteiger partial charge in [-0.15, -0.1) is 13.2 Å². The fourth-order valence-electron chi connectivity index (χ4n) is 8.31. The number of anilines is 1. The summed E-state index contributed by atoms with van der Waals surface area (Å²) < 4.78 is 18.5. The molecule has 3 aliphatic rings. The Balaban J connectivity index is 1.56. The molecule has 2 bridgehead atoms. The van der Waals surface area contributed by atoms with Gasteiger partial charge in [-0.2, -0.15) is 0 Å². The summed E-state index contributed by atoms with van der Waals surface area (Å²) in [6.07, 6.45) is 3.15. The zero-order valence-corrected chi connectivity index (χ0v) is 32.8. The van der Waals surface area contributed by atoms with E-state index in [0.29, 0.717) is 29.8 Å². The van der Waals surface area contributed by atoms with Crippen LogP contribution in [0, 0.1) is 17.8 Å². The van der Waals surface area contributed by atoms with E-state index in [1.165, 1.54) is 4.90 Å². The number of likely N-dealkylation sites (N-methyl/N-ethyl adjacent to an activating group) is 1. The van der Waals surface area contributed by atoms with Crippen molar-refractivity contribution in [3.63, 3.8) is 0 Å². The quantitative estimate of drug-likeness (QED) is 0.127. The number of amides is 3. The van der Waals surface area contributed by atoms with Crippen molar-refractivity contribution in [1.82, 2.24) is 9.80 Å². The Morgan fingerprint density at radius 3 is 2.36 bits per heavy atom. The van der Waals surface area contributed by atoms with E-state index in [1.54, 1.807) is 60.4 Å². The molecule has 11 nitrogen and oxygen atoms in total. The van der Waals surface area contributed by atoms with E-state index in [2.05, 4.69) is 29.1 Å². The number of aliphatic hydroxyl groups is 1. The number of rotatable bonds is 17. The lowest BCUT2D eigenvalue weighted by molar-refractivity contribution is -0.165. The molecule has 2 aromatic rings. The average molecular weight is 795 g/mol. The van der Waals surface area contributed by atoms with Crippen molar-refractivity contribution in [1.29, 1.82) is 0 Å². The fourth-order valence-corrected chi connectivity index (χ4v) is 9.26. The number of benzene rings is 2. The summed E-state index contributed by atoms with van der Waals surface area (Å²) in [6, 6.07) is 13.8. The number of alkyl halides is 1. The molecule has 2 aromatic carbocycles. The second-order valence-corrected chi connectivity index (χ2v) is 15.8. The first-order valence-corrected chi connectivity index (χ1v) is 19.2. The summed E-state index contributed by atoms with van der Waals surface area (Å²) in [5, 5.41) is 10.8. The third-order valence-electron chi connectivity index (χ3n) is 10.9. The van der Waals surface area contributed by atoms with Crippen LogP contribution in [0.5, 0.6) is 5.75 Å². The SMILES string of the molecule is C=CCCC(=O)N(C)[C@H](C)[C@H](OC(=O)[C@@H]1[C@H]2O[C@@]3(CC2Br)[C@H](C(=O)N(CC=C)c2ccc(OC)cc2)N([C@@H](CO)CC(C)C)C(=O)[C@@H]13)c1ccccc1. The highest BCUT2D eigenvalue weighted by atomic mass is 79.9. The number of esters is 1. The molecular weight excluding hydrogens is 742 g/mol. The third-order valence-corrected chi connectivity index (χ3v) is 11.8. The predicted molar refractivity (Wildman–Crippen MR) is 205 cm³/mol. The van der Waals surface area contributed by atoms with Crippen LogP contribution in [0.15, 0.2) is 79.9 Å². The zero-order chi connectivity index (χ0) is 38.6. The minimum absolute atomic E-state index is 0.0840. The smallest absolute Gasteiger partial charge is 0.313 e. The molecule has 0 aromatic heterocycles. The molecule has 1 spiro atoms. The summed E-state index contributed by atoms with van der Waals surface area (Å²) in [5.74, 6) is -3.02. The maximum Gasteiger partial charge on any atom is 0.313 e. The lowest BCUT2D eigenvalue weighted by Gasteiger charge is -2.39. The molecule has 53 heavy (non-hydrogen) atoms. The van der Waals surface area contributed by atoms with Gasteiger partial charge in [-0.1, -0.05) is 72.3 Å². The van der Waals surface area contributed by atoms with E-state index in [-0.39, 0.29) is 42.6 Å². The van der Waals surface area contributed by atoms with E-state index in [9.17, 15) is 19.5 Å². The first-order chi connectivity index (χ1) is 25.3. The van der Waals surface area contributed by atoms with Gasteiger partial charge >= 0.3 is 5.97 Å². The Morgan fingerprint density at radius 2 is 1.77 bits per heavy atom. The normalized spacial score (nSPS) is 26.1. The number of hydrogen-bond donors (Lipinski definition) is 1. The van der Waals surface area contributed by atoms with Crippen molar-refractivity contribution < 1.29 is 38.5 Å². The highest BCUT2D eigenvalue weighted by molar-refractivity contribution is 9.09. The monoisotopic (exact) mass is 793 g/mol. The molecule has 0 saturated carbocycles. The van der Waals surface area contributed by atoms with Crippen LogP contribution in [0.25, 0.3) is 0 Å². The number of allylic oxidation sites excluding steroid dienone is 1. The number of aliphatic hydroxyl groups excluding tert-OH is 1. The van der Waals surface area contributed by atoms with E-state index in [0.717, 1.165) is 0 Å². The summed E-state index contributed by atoms with van der Waals surface area (Å²) in [4.78, 5) is 61.9. The molecule has 3 heterocycles. The molecule has 0 radical (unpaired) electrons. The van der Waals surface area contributed by atoms with Gasteiger partial charge in [0.2, 0.25) is 11.8 Å². The molecule has 5 rings (SSSR count). The van der Waals surface area contributed by atoms with Crippen LogP contribution in [-0.2, 0) is 28.7 Å². The number of fused-ring (bicyclic) bond motifs is 1. The highest BCUT2D eigenvalue weighted by Crippen LogP contribution is 2.61. The van der Waals surface area contributed by atoms with Gasteiger partial charge in [-0.3, -0.25) is 19.2 Å². The summed E-state index contributed by atoms with van der Waals surface area (Å²) in [6.45, 7) is 13.2. The lowest BCUT2D eigenvalue weighted by Crippen LogP contribution is -2.59. The van der Waals surface area contributed by atoms with Gasteiger partial charge in [0, 0.05) is 30.5 Å². The molecule has 286 valence electrons. The van der Waals surface area contributed by atoms with E-state index >= 15 is 4.79 Å². The van der Waals surface area contributed by atoms with E-state index in [1.807, 2.05) is 51.1 Å². The van der Waals surface area contributed by atoms with Crippen LogP contribution in [-0.4, -0.2) is 101 Å². The Labute approximate surface area is 321 Å². The number of nitrogens with zero attached hydrogens (tertiary/aromatic N) is 3. The third kappa shape index (κ3) is 7.68. The van der Waals surface area contributed by atoms with Crippen molar-refractivity contribution >= 4 is 45.3 Å². The first-order valence-electron chi connectivity index (χ1n) is 18.3. The summed E-state index contributed by atoms with van der Waals surface area (Å²) in [5.41, 5.74) is -0.133. The fraction of sp³-hybridized carbons (Fsp3) is 0.512. The number of halogens is 1. The molecule has 9 atom stereocenters. The topological polar surface area (TPSA) is 126 Å². The maximum absolute atomic E-state index is 15.0. The van der Waals surface area contributed by atoms with Gasteiger partial charge in [0.05, 0.1) is 43.7 Å². The Bertz CT molecular complexity index is 1650. The minimum atomic E-state index is -1.39.